The monoisotopic (exact) mass is 1780 g/mol. The van der Waals surface area contributed by atoms with Gasteiger partial charge in [-0.25, -0.2) is 68.1 Å². The van der Waals surface area contributed by atoms with Crippen molar-refractivity contribution in [3.63, 3.8) is 0 Å². The topological polar surface area (TPSA) is 511 Å². The summed E-state index contributed by atoms with van der Waals surface area (Å²) in [5, 5.41) is 80.0. The van der Waals surface area contributed by atoms with Crippen LogP contribution in [0.2, 0.25) is 10.0 Å². The van der Waals surface area contributed by atoms with Crippen LogP contribution < -0.4 is 34.1 Å². The van der Waals surface area contributed by atoms with E-state index in [4.69, 9.17) is 52.2 Å². The number of H-pyrrole nitrogens is 6. The Balaban J connectivity index is 0.000000194. The van der Waals surface area contributed by atoms with Gasteiger partial charge in [0.15, 0.2) is 0 Å². The first-order valence-electron chi connectivity index (χ1n) is 34.7. The van der Waals surface area contributed by atoms with Crippen molar-refractivity contribution >= 4 is 89.3 Å². The van der Waals surface area contributed by atoms with Crippen LogP contribution in [0.25, 0.3) is 34.1 Å². The molecule has 48 heteroatoms. The first-order chi connectivity index (χ1) is 56.2. The lowest BCUT2D eigenvalue weighted by Gasteiger charge is -2.09. The number of aromatic nitrogens is 24. The lowest BCUT2D eigenvalue weighted by molar-refractivity contribution is 0.127. The zero-order valence-corrected chi connectivity index (χ0v) is 69.3. The molecule has 42 nitrogen and oxygen atoms in total. The van der Waals surface area contributed by atoms with Crippen molar-refractivity contribution in [3.8, 4) is 34.1 Å². The van der Waals surface area contributed by atoms with Crippen LogP contribution in [0.15, 0.2) is 178 Å². The number of rotatable bonds is 27. The summed E-state index contributed by atoms with van der Waals surface area (Å²) in [7, 11) is 0. The van der Waals surface area contributed by atoms with Crippen LogP contribution in [0.4, 0.5) is 8.78 Å². The van der Waals surface area contributed by atoms with Crippen molar-refractivity contribution in [2.75, 3.05) is 0 Å². The van der Waals surface area contributed by atoms with Gasteiger partial charge in [0.1, 0.15) is 51.3 Å². The fraction of sp³-hybridized carbons (Fsp3) is 0.304. The van der Waals surface area contributed by atoms with Gasteiger partial charge in [-0.2, -0.15) is 28.1 Å². The second kappa shape index (κ2) is 46.2. The van der Waals surface area contributed by atoms with Crippen LogP contribution in [0.3, 0.4) is 0 Å². The van der Waals surface area contributed by atoms with E-state index < -0.39 is 45.8 Å². The van der Waals surface area contributed by atoms with E-state index in [1.54, 1.807) is 80.6 Å². The molecule has 0 aliphatic carbocycles. The highest BCUT2D eigenvalue weighted by Crippen LogP contribution is 2.28. The minimum Gasteiger partial charge on any atom is -0.391 e. The molecule has 0 spiro atoms. The van der Waals surface area contributed by atoms with Gasteiger partial charge in [0.05, 0.1) is 79.5 Å². The lowest BCUT2D eigenvalue weighted by Crippen LogP contribution is -2.18. The molecule has 6 aromatic carbocycles. The molecule has 0 saturated carbocycles. The molecule has 0 amide bonds. The molecule has 0 unspecified atom stereocenters. The van der Waals surface area contributed by atoms with Gasteiger partial charge in [-0.15, -0.1) is 0 Å². The van der Waals surface area contributed by atoms with E-state index in [2.05, 4.69) is 156 Å². The van der Waals surface area contributed by atoms with Gasteiger partial charge in [0.25, 0.3) is 0 Å². The smallest absolute Gasteiger partial charge is 0.365 e. The largest absolute Gasteiger partial charge is 0.391 e. The lowest BCUT2D eigenvalue weighted by atomic mass is 10.2. The molecule has 12 rings (SSSR count). The molecule has 6 heterocycles. The Morgan fingerprint density at radius 2 is 0.530 bits per heavy atom. The van der Waals surface area contributed by atoms with E-state index >= 15 is 0 Å². The molecular weight excluding hydrogens is 1710 g/mol. The van der Waals surface area contributed by atoms with Gasteiger partial charge in [-0.1, -0.05) is 143 Å². The van der Waals surface area contributed by atoms with Crippen LogP contribution in [0, 0.1) is 11.6 Å². The van der Waals surface area contributed by atoms with Gasteiger partial charge in [-0.05, 0) is 217 Å². The molecular formula is C69H78Br2Cl2F2N30O12. The molecule has 117 heavy (non-hydrogen) atoms. The van der Waals surface area contributed by atoms with Crippen LogP contribution in [-0.4, -0.2) is 156 Å². The molecule has 618 valence electrons. The zero-order valence-electron chi connectivity index (χ0n) is 64.7. The van der Waals surface area contributed by atoms with E-state index in [9.17, 15) is 37.5 Å². The predicted octanol–water partition coefficient (Wildman–Crippen LogP) is 9.49. The molecule has 0 aliphatic heterocycles. The highest BCUT2D eigenvalue weighted by Gasteiger charge is 2.20. The Hall–Kier alpha value is -13.2. The number of tetrazole rings is 6. The summed E-state index contributed by atoms with van der Waals surface area (Å²) in [6, 6.07) is 29.8. The Kier molecular flexibility index (Phi) is 35.9. The zero-order chi connectivity index (χ0) is 85.1. The third kappa shape index (κ3) is 26.9. The summed E-state index contributed by atoms with van der Waals surface area (Å²) in [4.78, 5) is 100. The number of hydrogen-bond donors (Lipinski definition) is 6. The average molecular weight is 1790 g/mol. The summed E-state index contributed by atoms with van der Waals surface area (Å²) in [5.74, 6) is -1.00. The highest BCUT2D eigenvalue weighted by atomic mass is 79.9. The number of halogens is 6. The molecule has 6 N–H and O–H groups in total. The molecule has 0 aliphatic rings. The van der Waals surface area contributed by atoms with Gasteiger partial charge in [0, 0.05) is 41.2 Å². The minimum atomic E-state index is -0.554. The van der Waals surface area contributed by atoms with Crippen molar-refractivity contribution < 1.29 is 37.8 Å². The number of hydrogen-bond acceptors (Lipinski definition) is 30. The van der Waals surface area contributed by atoms with Gasteiger partial charge >= 0.3 is 34.1 Å². The van der Waals surface area contributed by atoms with Crippen LogP contribution >= 0.6 is 55.1 Å². The standard InChI is InChI=1S/C12H14BrN5O2.C12H14ClN5O2.C12H14FN5O2.C11H12BrN5O2.C11H12ClN5O2.C11H12FN5O2/c3*1-3-8(2)15-20-7-9-10(13)5-4-6-11(9)18-12(19)14-16-17-18;3*1-7(2)14-19-6-8-9(12)4-3-5-10(8)17-11(18)13-15-16-17/h3*4-6H,3,7H2,1-2H3,(H,14,17,19);3*3-5H,6H2,1-2H3,(H,13,16,18). The van der Waals surface area contributed by atoms with E-state index in [1.165, 1.54) is 33.6 Å². The predicted molar refractivity (Wildman–Crippen MR) is 432 cm³/mol. The van der Waals surface area contributed by atoms with E-state index in [-0.39, 0.29) is 62.1 Å². The van der Waals surface area contributed by atoms with Crippen molar-refractivity contribution in [2.24, 2.45) is 30.9 Å². The van der Waals surface area contributed by atoms with E-state index in [0.717, 1.165) is 86.6 Å². The fourth-order valence-electron chi connectivity index (χ4n) is 8.96. The number of aromatic amines is 6. The van der Waals surface area contributed by atoms with Gasteiger partial charge in [-0.3, -0.25) is 0 Å². The van der Waals surface area contributed by atoms with Crippen molar-refractivity contribution in [2.45, 2.75) is 142 Å². The Morgan fingerprint density at radius 1 is 0.325 bits per heavy atom. The summed E-state index contributed by atoms with van der Waals surface area (Å²) >= 11 is 19.1. The van der Waals surface area contributed by atoms with E-state index in [1.807, 2.05) is 87.4 Å². The molecule has 0 fully saturated rings. The van der Waals surface area contributed by atoms with E-state index in [0.29, 0.717) is 49.6 Å². The van der Waals surface area contributed by atoms with Crippen molar-refractivity contribution in [3.05, 3.63) is 236 Å². The molecule has 6 aromatic heterocycles. The number of nitrogens with zero attached hydrogens (tertiary/aromatic N) is 24. The van der Waals surface area contributed by atoms with Gasteiger partial charge < -0.3 is 29.0 Å². The summed E-state index contributed by atoms with van der Waals surface area (Å²) in [6.07, 6.45) is 2.37. The second-order valence-corrected chi connectivity index (χ2v) is 26.8. The Bertz CT molecular complexity index is 5270. The van der Waals surface area contributed by atoms with Crippen LogP contribution in [-0.2, 0) is 68.7 Å². The fourth-order valence-corrected chi connectivity index (χ4v) is 10.3. The number of benzene rings is 6. The van der Waals surface area contributed by atoms with Crippen LogP contribution in [0.1, 0.15) is 136 Å². The Morgan fingerprint density at radius 3 is 0.761 bits per heavy atom. The van der Waals surface area contributed by atoms with Gasteiger partial charge in [0.2, 0.25) is 0 Å². The minimum absolute atomic E-state index is 0.0986. The number of oxime groups is 6. The summed E-state index contributed by atoms with van der Waals surface area (Å²) in [6.45, 7) is 22.8. The maximum atomic E-state index is 13.9. The average Bonchev–Trinajstić information content (AvgIpc) is 1.80. The molecule has 12 aromatic rings. The summed E-state index contributed by atoms with van der Waals surface area (Å²) < 4.78 is 35.8. The molecule has 0 atom stereocenters. The quantitative estimate of drug-likeness (QED) is 0.0206. The molecule has 0 bridgehead atoms. The maximum Gasteiger partial charge on any atom is 0.365 e. The molecule has 0 saturated heterocycles. The van der Waals surface area contributed by atoms with Crippen molar-refractivity contribution in [1.82, 2.24) is 121 Å². The second-order valence-electron chi connectivity index (χ2n) is 24.2. The summed E-state index contributed by atoms with van der Waals surface area (Å²) in [5.41, 5.74) is 7.97. The van der Waals surface area contributed by atoms with Crippen LogP contribution in [0.5, 0.6) is 0 Å². The SMILES string of the molecule is CC(C)=NOCc1c(Br)cccc1-n1nn[nH]c1=O.CC(C)=NOCc1c(Cl)cccc1-n1nn[nH]c1=O.CC(C)=NOCc1c(F)cccc1-n1nn[nH]c1=O.CCC(C)=NOCc1c(Br)cccc1-n1nn[nH]c1=O.CCC(C)=NOCc1c(Cl)cccc1-n1nn[nH]c1=O.CCC(C)=NOCc1c(F)cccc1-n1nn[nH]c1=O. The third-order valence-corrected chi connectivity index (χ3v) is 17.2. The first-order valence-corrected chi connectivity index (χ1v) is 37.1. The highest BCUT2D eigenvalue weighted by molar-refractivity contribution is 9.10. The first kappa shape index (κ1) is 90.9. The number of nitrogens with one attached hydrogen (secondary N) is 6. The molecule has 0 radical (unpaired) electrons. The maximum absolute atomic E-state index is 13.9. The van der Waals surface area contributed by atoms with Crippen molar-refractivity contribution in [1.29, 1.82) is 0 Å². The normalized spacial score (nSPS) is 11.0. The third-order valence-electron chi connectivity index (χ3n) is 15.0. The Labute approximate surface area is 687 Å².